The Balaban J connectivity index is 1.86. The molecular formula is C17H19N3O3S2. The zero-order valence-electron chi connectivity index (χ0n) is 14.0. The number of anilines is 1. The largest absolute Gasteiger partial charge is 0.618 e. The van der Waals surface area contributed by atoms with E-state index in [4.69, 9.17) is 0 Å². The number of thioether (sulfide) groups is 2. The highest BCUT2D eigenvalue weighted by Gasteiger charge is 2.16. The van der Waals surface area contributed by atoms with Gasteiger partial charge in [0, 0.05) is 24.1 Å². The molecule has 0 atom stereocenters. The molecule has 0 aliphatic rings. The van der Waals surface area contributed by atoms with Gasteiger partial charge in [-0.05, 0) is 36.2 Å². The number of para-hydroxylation sites is 1. The number of carbonyl (C=O) groups excluding carboxylic acids is 2. The molecule has 1 aromatic carbocycles. The Hall–Kier alpha value is -2.19. The SMILES string of the molecule is CSc1ccccc1NC(=O)CN(C)C(=O)CSc1cccc[n+]1[O-]. The van der Waals surface area contributed by atoms with E-state index in [0.29, 0.717) is 9.76 Å². The summed E-state index contributed by atoms with van der Waals surface area (Å²) >= 11 is 2.68. The Morgan fingerprint density at radius 1 is 1.20 bits per heavy atom. The summed E-state index contributed by atoms with van der Waals surface area (Å²) in [7, 11) is 1.57. The molecule has 2 rings (SSSR count). The highest BCUT2D eigenvalue weighted by molar-refractivity contribution is 7.99. The number of carbonyl (C=O) groups is 2. The van der Waals surface area contributed by atoms with Gasteiger partial charge >= 0.3 is 0 Å². The van der Waals surface area contributed by atoms with Gasteiger partial charge in [0.25, 0.3) is 5.03 Å². The summed E-state index contributed by atoms with van der Waals surface area (Å²) in [5.74, 6) is -0.389. The van der Waals surface area contributed by atoms with Gasteiger partial charge in [-0.2, -0.15) is 4.73 Å². The topological polar surface area (TPSA) is 76.4 Å². The Morgan fingerprint density at radius 2 is 1.92 bits per heavy atom. The van der Waals surface area contributed by atoms with Crippen LogP contribution in [0, 0.1) is 5.21 Å². The summed E-state index contributed by atoms with van der Waals surface area (Å²) in [5, 5.41) is 14.8. The number of nitrogens with one attached hydrogen (secondary N) is 1. The zero-order chi connectivity index (χ0) is 18.2. The van der Waals surface area contributed by atoms with Gasteiger partial charge in [-0.25, -0.2) is 0 Å². The van der Waals surface area contributed by atoms with Crippen molar-refractivity contribution >= 4 is 41.0 Å². The first-order valence-electron chi connectivity index (χ1n) is 7.49. The maximum atomic E-state index is 12.1. The van der Waals surface area contributed by atoms with Crippen molar-refractivity contribution in [1.29, 1.82) is 0 Å². The quantitative estimate of drug-likeness (QED) is 0.455. The van der Waals surface area contributed by atoms with Crippen molar-refractivity contribution in [1.82, 2.24) is 4.90 Å². The van der Waals surface area contributed by atoms with Crippen LogP contribution in [-0.4, -0.2) is 42.3 Å². The number of nitrogens with zero attached hydrogens (tertiary/aromatic N) is 2. The highest BCUT2D eigenvalue weighted by Crippen LogP contribution is 2.24. The molecule has 0 fully saturated rings. The van der Waals surface area contributed by atoms with E-state index < -0.39 is 0 Å². The molecule has 0 spiro atoms. The average molecular weight is 377 g/mol. The molecule has 132 valence electrons. The standard InChI is InChI=1S/C17H19N3O3S2/c1-19(16(22)12-25-17-9-5-6-10-20(17)23)11-15(21)18-13-7-3-4-8-14(13)24-2/h3-10H,11-12H2,1-2H3,(H,18,21). The van der Waals surface area contributed by atoms with E-state index in [0.717, 1.165) is 22.3 Å². The van der Waals surface area contributed by atoms with Crippen LogP contribution in [0.1, 0.15) is 0 Å². The second-order valence-corrected chi connectivity index (χ2v) is 7.00. The van der Waals surface area contributed by atoms with Gasteiger partial charge < -0.3 is 15.4 Å². The van der Waals surface area contributed by atoms with E-state index >= 15 is 0 Å². The van der Waals surface area contributed by atoms with Crippen LogP contribution in [0.3, 0.4) is 0 Å². The monoisotopic (exact) mass is 377 g/mol. The molecule has 0 aliphatic carbocycles. The van der Waals surface area contributed by atoms with E-state index in [-0.39, 0.29) is 24.1 Å². The molecule has 1 heterocycles. The molecule has 8 heteroatoms. The molecule has 0 aliphatic heterocycles. The predicted octanol–water partition coefficient (Wildman–Crippen LogP) is 2.23. The predicted molar refractivity (Wildman–Crippen MR) is 101 cm³/mol. The van der Waals surface area contributed by atoms with Crippen molar-refractivity contribution in [2.24, 2.45) is 0 Å². The van der Waals surface area contributed by atoms with Crippen LogP contribution >= 0.6 is 23.5 Å². The van der Waals surface area contributed by atoms with E-state index in [1.54, 1.807) is 25.2 Å². The molecule has 2 amide bonds. The van der Waals surface area contributed by atoms with Crippen LogP contribution in [0.2, 0.25) is 0 Å². The zero-order valence-corrected chi connectivity index (χ0v) is 15.6. The lowest BCUT2D eigenvalue weighted by atomic mass is 10.3. The molecule has 0 saturated heterocycles. The molecule has 1 aromatic heterocycles. The molecule has 0 radical (unpaired) electrons. The number of hydrogen-bond acceptors (Lipinski definition) is 5. The first-order valence-corrected chi connectivity index (χ1v) is 9.70. The van der Waals surface area contributed by atoms with Crippen molar-refractivity contribution in [2.45, 2.75) is 9.92 Å². The summed E-state index contributed by atoms with van der Waals surface area (Å²) in [6, 6.07) is 12.5. The number of hydrogen-bond donors (Lipinski definition) is 1. The van der Waals surface area contributed by atoms with Gasteiger partial charge in [-0.15, -0.1) is 11.8 Å². The van der Waals surface area contributed by atoms with Gasteiger partial charge in [-0.3, -0.25) is 9.59 Å². The fourth-order valence-corrected chi connectivity index (χ4v) is 3.42. The smallest absolute Gasteiger partial charge is 0.251 e. The van der Waals surface area contributed by atoms with Crippen LogP contribution in [0.5, 0.6) is 0 Å². The van der Waals surface area contributed by atoms with Gasteiger partial charge in [0.15, 0.2) is 6.20 Å². The minimum Gasteiger partial charge on any atom is -0.618 e. The van der Waals surface area contributed by atoms with Crippen molar-refractivity contribution in [2.75, 3.05) is 30.9 Å². The lowest BCUT2D eigenvalue weighted by Crippen LogP contribution is -2.36. The van der Waals surface area contributed by atoms with Crippen LogP contribution in [-0.2, 0) is 9.59 Å². The number of amides is 2. The first-order chi connectivity index (χ1) is 12.0. The Kier molecular flexibility index (Phi) is 7.15. The molecule has 2 aromatic rings. The normalized spacial score (nSPS) is 10.3. The molecular weight excluding hydrogens is 358 g/mol. The minimum absolute atomic E-state index is 0.0473. The summed E-state index contributed by atoms with van der Waals surface area (Å²) in [6.45, 7) is -0.0473. The Bertz CT molecular complexity index is 755. The molecule has 0 bridgehead atoms. The first kappa shape index (κ1) is 19.1. The molecule has 25 heavy (non-hydrogen) atoms. The van der Waals surface area contributed by atoms with Gasteiger partial charge in [0.05, 0.1) is 18.0 Å². The summed E-state index contributed by atoms with van der Waals surface area (Å²) in [6.07, 6.45) is 3.32. The summed E-state index contributed by atoms with van der Waals surface area (Å²) in [5.41, 5.74) is 0.729. The number of pyridine rings is 1. The lowest BCUT2D eigenvalue weighted by Gasteiger charge is -2.17. The molecule has 0 unspecified atom stereocenters. The lowest BCUT2D eigenvalue weighted by molar-refractivity contribution is -0.645. The van der Waals surface area contributed by atoms with Crippen LogP contribution in [0.15, 0.2) is 58.6 Å². The van der Waals surface area contributed by atoms with E-state index in [1.165, 1.54) is 22.9 Å². The Morgan fingerprint density at radius 3 is 2.64 bits per heavy atom. The van der Waals surface area contributed by atoms with Gasteiger partial charge in [0.1, 0.15) is 0 Å². The fourth-order valence-electron chi connectivity index (χ4n) is 2.01. The number of aromatic nitrogens is 1. The number of benzene rings is 1. The van der Waals surface area contributed by atoms with Crippen molar-refractivity contribution in [3.63, 3.8) is 0 Å². The van der Waals surface area contributed by atoms with Gasteiger partial charge in [-0.1, -0.05) is 12.1 Å². The van der Waals surface area contributed by atoms with E-state index in [9.17, 15) is 14.8 Å². The van der Waals surface area contributed by atoms with E-state index in [1.807, 2.05) is 30.5 Å². The molecule has 0 saturated carbocycles. The van der Waals surface area contributed by atoms with Crippen molar-refractivity contribution < 1.29 is 14.3 Å². The van der Waals surface area contributed by atoms with Crippen molar-refractivity contribution in [3.8, 4) is 0 Å². The second-order valence-electron chi connectivity index (χ2n) is 5.15. The van der Waals surface area contributed by atoms with Gasteiger partial charge in [0.2, 0.25) is 11.8 Å². The molecule has 6 nitrogen and oxygen atoms in total. The third-order valence-electron chi connectivity index (χ3n) is 3.32. The van der Waals surface area contributed by atoms with Crippen LogP contribution < -0.4 is 10.0 Å². The third kappa shape index (κ3) is 5.68. The van der Waals surface area contributed by atoms with E-state index in [2.05, 4.69) is 5.32 Å². The maximum absolute atomic E-state index is 12.1. The number of rotatable bonds is 7. The average Bonchev–Trinajstić information content (AvgIpc) is 2.61. The summed E-state index contributed by atoms with van der Waals surface area (Å²) < 4.78 is 0.712. The molecule has 1 N–H and O–H groups in total. The second kappa shape index (κ2) is 9.33. The van der Waals surface area contributed by atoms with Crippen molar-refractivity contribution in [3.05, 3.63) is 53.9 Å². The van der Waals surface area contributed by atoms with Crippen LogP contribution in [0.25, 0.3) is 0 Å². The maximum Gasteiger partial charge on any atom is 0.251 e. The van der Waals surface area contributed by atoms with Crippen LogP contribution in [0.4, 0.5) is 5.69 Å². The minimum atomic E-state index is -0.263. The number of likely N-dealkylation sites (N-methyl/N-ethyl adjacent to an activating group) is 1. The third-order valence-corrected chi connectivity index (χ3v) is 5.12. The highest BCUT2D eigenvalue weighted by atomic mass is 32.2. The fraction of sp³-hybridized carbons (Fsp3) is 0.235. The Labute approximate surface area is 155 Å². The summed E-state index contributed by atoms with van der Waals surface area (Å²) in [4.78, 5) is 26.6.